The Bertz CT molecular complexity index is 636. The molecule has 0 spiro atoms. The summed E-state index contributed by atoms with van der Waals surface area (Å²) in [6.45, 7) is 3.91. The fraction of sp³-hybridized carbons (Fsp3) is 0.308. The lowest BCUT2D eigenvalue weighted by Gasteiger charge is -2.08. The number of aryl methyl sites for hydroxylation is 2. The molecule has 2 rings (SSSR count). The second kappa shape index (κ2) is 6.82. The Hall–Kier alpha value is -1.73. The second-order valence-electron chi connectivity index (χ2n) is 4.30. The SMILES string of the molecule is Cc1cc(OCc2nnc(SCC(=O)O)o2)cc(C)c1Cl. The smallest absolute Gasteiger partial charge is 0.314 e. The number of carboxylic acid groups (broad SMARTS) is 1. The average molecular weight is 329 g/mol. The van der Waals surface area contributed by atoms with E-state index in [2.05, 4.69) is 10.2 Å². The zero-order valence-electron chi connectivity index (χ0n) is 11.4. The van der Waals surface area contributed by atoms with Crippen molar-refractivity contribution in [1.82, 2.24) is 10.2 Å². The Balaban J connectivity index is 1.95. The molecule has 0 radical (unpaired) electrons. The Morgan fingerprint density at radius 3 is 2.67 bits per heavy atom. The van der Waals surface area contributed by atoms with Crippen LogP contribution in [0.5, 0.6) is 5.75 Å². The molecule has 1 heterocycles. The molecule has 0 aliphatic rings. The van der Waals surface area contributed by atoms with Gasteiger partial charge in [0.25, 0.3) is 11.1 Å². The van der Waals surface area contributed by atoms with Crippen molar-refractivity contribution in [1.29, 1.82) is 0 Å². The third-order valence-electron chi connectivity index (χ3n) is 2.54. The number of hydrogen-bond donors (Lipinski definition) is 1. The molecule has 1 aromatic heterocycles. The van der Waals surface area contributed by atoms with Crippen LogP contribution in [0.3, 0.4) is 0 Å². The first-order chi connectivity index (χ1) is 9.95. The minimum Gasteiger partial charge on any atom is -0.484 e. The number of thioether (sulfide) groups is 1. The van der Waals surface area contributed by atoms with E-state index >= 15 is 0 Å². The molecule has 1 aromatic carbocycles. The third-order valence-corrected chi connectivity index (χ3v) is 3.94. The summed E-state index contributed by atoms with van der Waals surface area (Å²) < 4.78 is 10.8. The van der Waals surface area contributed by atoms with E-state index in [1.54, 1.807) is 0 Å². The summed E-state index contributed by atoms with van der Waals surface area (Å²) in [5.74, 6) is -0.124. The molecule has 2 aromatic rings. The highest BCUT2D eigenvalue weighted by Gasteiger charge is 2.10. The summed E-state index contributed by atoms with van der Waals surface area (Å²) in [5, 5.41) is 17.0. The highest BCUT2D eigenvalue weighted by atomic mass is 35.5. The van der Waals surface area contributed by atoms with Crippen molar-refractivity contribution in [3.63, 3.8) is 0 Å². The lowest BCUT2D eigenvalue weighted by atomic mass is 10.1. The fourth-order valence-electron chi connectivity index (χ4n) is 1.61. The number of hydrogen-bond acceptors (Lipinski definition) is 6. The number of benzene rings is 1. The first-order valence-corrected chi connectivity index (χ1v) is 7.38. The van der Waals surface area contributed by atoms with Gasteiger partial charge < -0.3 is 14.3 Å². The highest BCUT2D eigenvalue weighted by Crippen LogP contribution is 2.26. The van der Waals surface area contributed by atoms with Gasteiger partial charge in [0, 0.05) is 5.02 Å². The minimum absolute atomic E-state index is 0.112. The van der Waals surface area contributed by atoms with Crippen molar-refractivity contribution in [2.24, 2.45) is 0 Å². The summed E-state index contributed by atoms with van der Waals surface area (Å²) >= 11 is 7.05. The largest absolute Gasteiger partial charge is 0.484 e. The molecule has 0 fully saturated rings. The Morgan fingerprint density at radius 2 is 2.05 bits per heavy atom. The van der Waals surface area contributed by atoms with Crippen LogP contribution in [0.2, 0.25) is 5.02 Å². The number of rotatable bonds is 6. The van der Waals surface area contributed by atoms with Crippen LogP contribution in [0.15, 0.2) is 21.8 Å². The molecule has 0 aliphatic heterocycles. The molecule has 8 heteroatoms. The van der Waals surface area contributed by atoms with E-state index in [1.807, 2.05) is 26.0 Å². The van der Waals surface area contributed by atoms with Crippen molar-refractivity contribution in [3.8, 4) is 5.75 Å². The number of nitrogens with zero attached hydrogens (tertiary/aromatic N) is 2. The van der Waals surface area contributed by atoms with Gasteiger partial charge in [0.05, 0.1) is 0 Å². The number of carboxylic acids is 1. The Labute approximate surface area is 130 Å². The molecule has 0 saturated heterocycles. The van der Waals surface area contributed by atoms with Crippen LogP contribution in [-0.4, -0.2) is 27.0 Å². The lowest BCUT2D eigenvalue weighted by molar-refractivity contribution is -0.133. The van der Waals surface area contributed by atoms with Crippen molar-refractivity contribution in [3.05, 3.63) is 34.2 Å². The quantitative estimate of drug-likeness (QED) is 0.815. The molecule has 0 saturated carbocycles. The predicted octanol–water partition coefficient (Wildman–Crippen LogP) is 3.10. The molecule has 112 valence electrons. The summed E-state index contributed by atoms with van der Waals surface area (Å²) in [7, 11) is 0. The monoisotopic (exact) mass is 328 g/mol. The van der Waals surface area contributed by atoms with Crippen LogP contribution >= 0.6 is 23.4 Å². The number of carbonyl (C=O) groups is 1. The average Bonchev–Trinajstić information content (AvgIpc) is 2.88. The normalized spacial score (nSPS) is 10.6. The molecule has 0 unspecified atom stereocenters. The van der Waals surface area contributed by atoms with E-state index in [1.165, 1.54) is 0 Å². The number of halogens is 1. The third kappa shape index (κ3) is 4.37. The van der Waals surface area contributed by atoms with Gasteiger partial charge in [-0.3, -0.25) is 4.79 Å². The van der Waals surface area contributed by atoms with Gasteiger partial charge in [-0.2, -0.15) is 0 Å². The van der Waals surface area contributed by atoms with Crippen LogP contribution < -0.4 is 4.74 Å². The molecule has 0 aliphatic carbocycles. The Kier molecular flexibility index (Phi) is 5.08. The second-order valence-corrected chi connectivity index (χ2v) is 5.61. The number of aromatic nitrogens is 2. The maximum Gasteiger partial charge on any atom is 0.314 e. The molecule has 1 N–H and O–H groups in total. The van der Waals surface area contributed by atoms with Crippen LogP contribution in [0.1, 0.15) is 17.0 Å². The summed E-state index contributed by atoms with van der Waals surface area (Å²) in [6.07, 6.45) is 0. The first kappa shape index (κ1) is 15.7. The van der Waals surface area contributed by atoms with Gasteiger partial charge in [0.15, 0.2) is 6.61 Å². The summed E-state index contributed by atoms with van der Waals surface area (Å²) in [4.78, 5) is 10.4. The molecule has 0 amide bonds. The predicted molar refractivity (Wildman–Crippen MR) is 77.9 cm³/mol. The van der Waals surface area contributed by atoms with Gasteiger partial charge in [-0.25, -0.2) is 0 Å². The van der Waals surface area contributed by atoms with E-state index in [9.17, 15) is 4.79 Å². The maximum absolute atomic E-state index is 10.4. The van der Waals surface area contributed by atoms with Gasteiger partial charge in [-0.15, -0.1) is 10.2 Å². The van der Waals surface area contributed by atoms with Crippen molar-refractivity contribution < 1.29 is 19.1 Å². The van der Waals surface area contributed by atoms with E-state index in [-0.39, 0.29) is 23.5 Å². The molecule has 6 nitrogen and oxygen atoms in total. The molecular formula is C13H13ClN2O4S. The fourth-order valence-corrected chi connectivity index (χ4v) is 2.22. The van der Waals surface area contributed by atoms with E-state index in [0.717, 1.165) is 22.9 Å². The maximum atomic E-state index is 10.4. The zero-order valence-corrected chi connectivity index (χ0v) is 13.0. The number of aliphatic carboxylic acids is 1. The Morgan fingerprint density at radius 1 is 1.38 bits per heavy atom. The summed E-state index contributed by atoms with van der Waals surface area (Å²) in [6, 6.07) is 3.65. The molecule has 0 atom stereocenters. The zero-order chi connectivity index (χ0) is 15.4. The van der Waals surface area contributed by atoms with Crippen molar-refractivity contribution >= 4 is 29.3 Å². The van der Waals surface area contributed by atoms with Crippen LogP contribution in [0, 0.1) is 13.8 Å². The molecular weight excluding hydrogens is 316 g/mol. The molecule has 0 bridgehead atoms. The number of ether oxygens (including phenoxy) is 1. The van der Waals surface area contributed by atoms with E-state index < -0.39 is 5.97 Å². The van der Waals surface area contributed by atoms with Gasteiger partial charge in [0.1, 0.15) is 11.5 Å². The van der Waals surface area contributed by atoms with Gasteiger partial charge in [0.2, 0.25) is 0 Å². The van der Waals surface area contributed by atoms with Gasteiger partial charge in [-0.05, 0) is 37.1 Å². The first-order valence-electron chi connectivity index (χ1n) is 6.02. The van der Waals surface area contributed by atoms with Crippen molar-refractivity contribution in [2.45, 2.75) is 25.7 Å². The topological polar surface area (TPSA) is 85.5 Å². The van der Waals surface area contributed by atoms with Gasteiger partial charge in [-0.1, -0.05) is 23.4 Å². The standard InChI is InChI=1S/C13H13ClN2O4S/c1-7-3-9(4-8(2)12(7)14)19-5-10-15-16-13(20-10)21-6-11(17)18/h3-4H,5-6H2,1-2H3,(H,17,18). The van der Waals surface area contributed by atoms with Crippen LogP contribution in [-0.2, 0) is 11.4 Å². The highest BCUT2D eigenvalue weighted by molar-refractivity contribution is 7.99. The molecule has 21 heavy (non-hydrogen) atoms. The summed E-state index contributed by atoms with van der Waals surface area (Å²) in [5.41, 5.74) is 1.85. The van der Waals surface area contributed by atoms with E-state index in [4.69, 9.17) is 25.9 Å². The minimum atomic E-state index is -0.942. The lowest BCUT2D eigenvalue weighted by Crippen LogP contribution is -1.97. The van der Waals surface area contributed by atoms with Crippen molar-refractivity contribution in [2.75, 3.05) is 5.75 Å². The van der Waals surface area contributed by atoms with Crippen LogP contribution in [0.4, 0.5) is 0 Å². The van der Waals surface area contributed by atoms with Crippen LogP contribution in [0.25, 0.3) is 0 Å². The van der Waals surface area contributed by atoms with Gasteiger partial charge >= 0.3 is 5.97 Å². The van der Waals surface area contributed by atoms with E-state index in [0.29, 0.717) is 10.8 Å².